The number of halogens is 5. The van der Waals surface area contributed by atoms with Crippen molar-refractivity contribution in [2.45, 2.75) is 32.2 Å². The normalized spacial score (nSPS) is 13.7. The summed E-state index contributed by atoms with van der Waals surface area (Å²) in [7, 11) is 0. The lowest BCUT2D eigenvalue weighted by Crippen LogP contribution is -2.22. The topological polar surface area (TPSA) is 46.9 Å². The number of aromatic nitrogens is 2. The number of hydrogen-bond donors (Lipinski definition) is 1. The van der Waals surface area contributed by atoms with E-state index in [2.05, 4.69) is 5.10 Å². The summed E-state index contributed by atoms with van der Waals surface area (Å²) in [5, 5.41) is 5.91. The first-order chi connectivity index (χ1) is 11.4. The quantitative estimate of drug-likeness (QED) is 0.528. The second-order valence-corrected chi connectivity index (χ2v) is 5.50. The molecule has 24 heavy (non-hydrogen) atoms. The van der Waals surface area contributed by atoms with E-state index in [4.69, 9.17) is 0 Å². The van der Waals surface area contributed by atoms with Crippen molar-refractivity contribution in [1.29, 1.82) is 0 Å². The third-order valence-electron chi connectivity index (χ3n) is 3.81. The molecule has 0 fully saturated rings. The van der Waals surface area contributed by atoms with Crippen LogP contribution < -0.4 is 5.32 Å². The molecule has 2 aromatic rings. The van der Waals surface area contributed by atoms with Gasteiger partial charge in [-0.25, -0.2) is 22.0 Å². The molecular weight excluding hydrogens is 333 g/mol. The molecular formula is C15H12F5N3O. The Morgan fingerprint density at radius 3 is 2.21 bits per heavy atom. The molecule has 1 aliphatic carbocycles. The zero-order valence-corrected chi connectivity index (χ0v) is 12.3. The highest BCUT2D eigenvalue weighted by Crippen LogP contribution is 2.27. The number of rotatable bonds is 3. The lowest BCUT2D eigenvalue weighted by Gasteiger charge is -2.09. The van der Waals surface area contributed by atoms with Crippen LogP contribution in [0.15, 0.2) is 6.20 Å². The molecule has 128 valence electrons. The molecule has 1 N–H and O–H groups in total. The molecule has 1 aliphatic rings. The summed E-state index contributed by atoms with van der Waals surface area (Å²) in [5.74, 6) is -11.6. The zero-order chi connectivity index (χ0) is 17.4. The Morgan fingerprint density at radius 1 is 1.00 bits per heavy atom. The number of carbonyl (C=O) groups is 1. The number of anilines is 1. The second-order valence-electron chi connectivity index (χ2n) is 5.50. The summed E-state index contributed by atoms with van der Waals surface area (Å²) in [6.45, 7) is -0.396. The minimum Gasteiger partial charge on any atom is -0.319 e. The smallest absolute Gasteiger partial charge is 0.246 e. The molecule has 1 aromatic heterocycles. The molecule has 0 radical (unpaired) electrons. The lowest BCUT2D eigenvalue weighted by atomic mass is 9.99. The molecule has 1 heterocycles. The van der Waals surface area contributed by atoms with E-state index in [1.807, 2.05) is 0 Å². The van der Waals surface area contributed by atoms with Crippen molar-refractivity contribution in [3.8, 4) is 0 Å². The summed E-state index contributed by atoms with van der Waals surface area (Å²) < 4.78 is 67.5. The molecule has 0 bridgehead atoms. The van der Waals surface area contributed by atoms with Gasteiger partial charge in [0.15, 0.2) is 23.3 Å². The van der Waals surface area contributed by atoms with Crippen molar-refractivity contribution in [3.63, 3.8) is 0 Å². The van der Waals surface area contributed by atoms with Crippen molar-refractivity contribution in [3.05, 3.63) is 46.5 Å². The number of carbonyl (C=O) groups excluding carboxylic acids is 1. The Bertz CT molecular complexity index is 765. The van der Waals surface area contributed by atoms with Gasteiger partial charge in [0.1, 0.15) is 12.2 Å². The first kappa shape index (κ1) is 16.4. The summed E-state index contributed by atoms with van der Waals surface area (Å²) in [5.41, 5.74) is 0.476. The number of hydrogen-bond acceptors (Lipinski definition) is 2. The van der Waals surface area contributed by atoms with Crippen LogP contribution in [0.1, 0.15) is 24.1 Å². The van der Waals surface area contributed by atoms with Crippen molar-refractivity contribution in [2.24, 2.45) is 0 Å². The van der Waals surface area contributed by atoms with Gasteiger partial charge in [0.25, 0.3) is 0 Å². The fourth-order valence-electron chi connectivity index (χ4n) is 2.65. The average molecular weight is 345 g/mol. The number of nitrogens with one attached hydrogen (secondary N) is 1. The van der Waals surface area contributed by atoms with E-state index in [0.717, 1.165) is 36.9 Å². The second kappa shape index (κ2) is 6.21. The van der Waals surface area contributed by atoms with Crippen molar-refractivity contribution in [2.75, 3.05) is 5.32 Å². The Morgan fingerprint density at radius 2 is 1.58 bits per heavy atom. The van der Waals surface area contributed by atoms with Crippen molar-refractivity contribution < 1.29 is 26.7 Å². The molecule has 0 saturated heterocycles. The molecule has 1 aromatic carbocycles. The Hall–Kier alpha value is -2.45. The Kier molecular flexibility index (Phi) is 4.25. The number of fused-ring (bicyclic) bond motifs is 1. The van der Waals surface area contributed by atoms with Crippen LogP contribution in [0.3, 0.4) is 0 Å². The standard InChI is InChI=1S/C15H12F5N3O/c16-10-11(17)13(19)15(14(20)12(10)18)21-9(24)6-23-5-7-3-1-2-4-8(7)22-23/h5H,1-4,6H2,(H,21,24). The number of amides is 1. The van der Waals surface area contributed by atoms with Gasteiger partial charge in [-0.15, -0.1) is 0 Å². The van der Waals surface area contributed by atoms with Gasteiger partial charge in [-0.3, -0.25) is 9.48 Å². The van der Waals surface area contributed by atoms with E-state index >= 15 is 0 Å². The first-order valence-electron chi connectivity index (χ1n) is 7.25. The average Bonchev–Trinajstić information content (AvgIpc) is 2.97. The van der Waals surface area contributed by atoms with Crippen LogP contribution in [0.2, 0.25) is 0 Å². The molecule has 0 atom stereocenters. The fourth-order valence-corrected chi connectivity index (χ4v) is 2.65. The maximum absolute atomic E-state index is 13.5. The minimum atomic E-state index is -2.28. The maximum atomic E-state index is 13.5. The predicted molar refractivity (Wildman–Crippen MR) is 73.7 cm³/mol. The molecule has 0 aliphatic heterocycles. The van der Waals surface area contributed by atoms with E-state index in [9.17, 15) is 26.7 Å². The highest BCUT2D eigenvalue weighted by molar-refractivity contribution is 5.90. The number of benzene rings is 1. The molecule has 3 rings (SSSR count). The Balaban J connectivity index is 1.79. The van der Waals surface area contributed by atoms with Crippen LogP contribution in [0, 0.1) is 29.1 Å². The van der Waals surface area contributed by atoms with Gasteiger partial charge in [0, 0.05) is 6.20 Å². The van der Waals surface area contributed by atoms with Crippen molar-refractivity contribution in [1.82, 2.24) is 9.78 Å². The largest absolute Gasteiger partial charge is 0.319 e. The lowest BCUT2D eigenvalue weighted by molar-refractivity contribution is -0.117. The number of aryl methyl sites for hydroxylation is 2. The van der Waals surface area contributed by atoms with E-state index in [1.54, 1.807) is 11.5 Å². The molecule has 0 unspecified atom stereocenters. The van der Waals surface area contributed by atoms with Gasteiger partial charge in [-0.05, 0) is 31.2 Å². The SMILES string of the molecule is O=C(Cn1cc2c(n1)CCCC2)Nc1c(F)c(F)c(F)c(F)c1F. The van der Waals surface area contributed by atoms with Gasteiger partial charge < -0.3 is 5.32 Å². The van der Waals surface area contributed by atoms with Crippen LogP contribution in [0.5, 0.6) is 0 Å². The third-order valence-corrected chi connectivity index (χ3v) is 3.81. The highest BCUT2D eigenvalue weighted by atomic mass is 19.2. The number of nitrogens with zero attached hydrogens (tertiary/aromatic N) is 2. The summed E-state index contributed by atoms with van der Waals surface area (Å²) >= 11 is 0. The van der Waals surface area contributed by atoms with Crippen LogP contribution in [0.25, 0.3) is 0 Å². The van der Waals surface area contributed by atoms with Gasteiger partial charge in [0.2, 0.25) is 11.7 Å². The third kappa shape index (κ3) is 2.85. The predicted octanol–water partition coefficient (Wildman–Crippen LogP) is 3.10. The summed E-state index contributed by atoms with van der Waals surface area (Å²) in [6.07, 6.45) is 5.25. The van der Waals surface area contributed by atoms with Gasteiger partial charge in [0.05, 0.1) is 5.69 Å². The maximum Gasteiger partial charge on any atom is 0.246 e. The molecule has 9 heteroatoms. The van der Waals surface area contributed by atoms with Gasteiger partial charge >= 0.3 is 0 Å². The van der Waals surface area contributed by atoms with Gasteiger partial charge in [-0.2, -0.15) is 5.10 Å². The minimum absolute atomic E-state index is 0.396. The fraction of sp³-hybridized carbons (Fsp3) is 0.333. The van der Waals surface area contributed by atoms with E-state index in [0.29, 0.717) is 0 Å². The monoisotopic (exact) mass is 345 g/mol. The van der Waals surface area contributed by atoms with Crippen molar-refractivity contribution >= 4 is 11.6 Å². The van der Waals surface area contributed by atoms with Gasteiger partial charge in [-0.1, -0.05) is 0 Å². The van der Waals surface area contributed by atoms with E-state index in [1.165, 1.54) is 4.68 Å². The molecule has 4 nitrogen and oxygen atoms in total. The summed E-state index contributed by atoms with van der Waals surface area (Å²) in [4.78, 5) is 11.9. The van der Waals surface area contributed by atoms with Crippen LogP contribution in [-0.2, 0) is 24.2 Å². The van der Waals surface area contributed by atoms with Crippen LogP contribution >= 0.6 is 0 Å². The van der Waals surface area contributed by atoms with Crippen LogP contribution in [-0.4, -0.2) is 15.7 Å². The first-order valence-corrected chi connectivity index (χ1v) is 7.25. The Labute approximate surface area is 133 Å². The molecule has 1 amide bonds. The zero-order valence-electron chi connectivity index (χ0n) is 12.3. The molecule has 0 saturated carbocycles. The van der Waals surface area contributed by atoms with Crippen LogP contribution in [0.4, 0.5) is 27.6 Å². The van der Waals surface area contributed by atoms with E-state index in [-0.39, 0.29) is 0 Å². The summed E-state index contributed by atoms with van der Waals surface area (Å²) in [6, 6.07) is 0. The molecule has 0 spiro atoms. The van der Waals surface area contributed by atoms with E-state index < -0.39 is 47.2 Å². The highest BCUT2D eigenvalue weighted by Gasteiger charge is 2.27.